The molecule has 0 spiro atoms. The Balaban J connectivity index is 2.52. The molecular weight excluding hydrogens is 226 g/mol. The quantitative estimate of drug-likeness (QED) is 0.650. The van der Waals surface area contributed by atoms with Crippen LogP contribution in [0.15, 0.2) is 58.4 Å². The van der Waals surface area contributed by atoms with E-state index in [2.05, 4.69) is 0 Å². The first-order valence-electron chi connectivity index (χ1n) is 4.60. The number of rotatable bonds is 2. The molecule has 16 heavy (non-hydrogen) atoms. The fourth-order valence-corrected chi connectivity index (χ4v) is 1.59. The number of nitrogens with zero attached hydrogens (tertiary/aromatic N) is 2. The average molecular weight is 235 g/mol. The molecule has 0 aliphatic rings. The maximum atomic E-state index is 11.5. The number of aromatic nitrogens is 2. The van der Waals surface area contributed by atoms with E-state index in [1.54, 1.807) is 24.3 Å². The van der Waals surface area contributed by atoms with Gasteiger partial charge in [-0.1, -0.05) is 12.1 Å². The van der Waals surface area contributed by atoms with Crippen LogP contribution in [0.1, 0.15) is 0 Å². The van der Waals surface area contributed by atoms with Gasteiger partial charge in [-0.3, -0.25) is 9.59 Å². The third kappa shape index (κ3) is 1.93. The summed E-state index contributed by atoms with van der Waals surface area (Å²) in [5.74, 6) is 0. The van der Waals surface area contributed by atoms with Crippen LogP contribution in [0.5, 0.6) is 0 Å². The Morgan fingerprint density at radius 3 is 1.69 bits per heavy atom. The van der Waals surface area contributed by atoms with Crippen LogP contribution >= 0.6 is 0 Å². The average Bonchev–Trinajstić information content (AvgIpc) is 2.29. The fraction of sp³-hybridized carbons (Fsp3) is 0. The molecule has 0 radical (unpaired) electrons. The van der Waals surface area contributed by atoms with Crippen molar-refractivity contribution in [3.63, 3.8) is 0 Å². The van der Waals surface area contributed by atoms with Crippen molar-refractivity contribution in [2.24, 2.45) is 0 Å². The Morgan fingerprint density at radius 1 is 0.875 bits per heavy atom. The lowest BCUT2D eigenvalue weighted by Crippen LogP contribution is -3.15. The normalized spacial score (nSPS) is 10.6. The van der Waals surface area contributed by atoms with Crippen molar-refractivity contribution in [2.75, 3.05) is 0 Å². The number of nitrogens with one attached hydrogen (secondary N) is 1. The number of quaternary nitrogens is 1. The van der Waals surface area contributed by atoms with Gasteiger partial charge < -0.3 is 12.8 Å². The molecule has 2 aromatic rings. The van der Waals surface area contributed by atoms with Gasteiger partial charge in [-0.2, -0.15) is 9.35 Å². The van der Waals surface area contributed by atoms with Crippen molar-refractivity contribution in [1.29, 1.82) is 0 Å². The van der Waals surface area contributed by atoms with Crippen molar-refractivity contribution >= 4 is 12.8 Å². The van der Waals surface area contributed by atoms with Crippen molar-refractivity contribution in [3.05, 3.63) is 69.5 Å². The smallest absolute Gasteiger partial charge is 0.296 e. The second-order valence-corrected chi connectivity index (χ2v) is 3.47. The van der Waals surface area contributed by atoms with Crippen LogP contribution in [0.25, 0.3) is 0 Å². The van der Waals surface area contributed by atoms with Gasteiger partial charge >= 0.3 is 0 Å². The number of pyridine rings is 2. The van der Waals surface area contributed by atoms with Crippen LogP contribution in [0, 0.1) is 0 Å². The second kappa shape index (κ2) is 4.38. The minimum atomic E-state index is -0.261. The van der Waals surface area contributed by atoms with Gasteiger partial charge in [0.15, 0.2) is 0 Å². The first-order valence-corrected chi connectivity index (χ1v) is 5.01. The third-order valence-electron chi connectivity index (χ3n) is 2.06. The molecule has 2 heterocycles. The Kier molecular flexibility index (Phi) is 2.93. The minimum Gasteiger partial charge on any atom is -0.431 e. The standard InChI is InChI=1S/C10H9N3O2S/c14-9-5-1-3-7-11(9)13(16)12-8-4-2-6-10(12)15/h1-8,13H. The van der Waals surface area contributed by atoms with E-state index in [9.17, 15) is 9.59 Å². The van der Waals surface area contributed by atoms with Crippen LogP contribution in [-0.4, -0.2) is 9.35 Å². The van der Waals surface area contributed by atoms with Crippen molar-refractivity contribution in [3.8, 4) is 0 Å². The van der Waals surface area contributed by atoms with Crippen molar-refractivity contribution < 1.29 is 4.52 Å². The Labute approximate surface area is 96.7 Å². The Hall–Kier alpha value is -1.79. The molecule has 0 bridgehead atoms. The van der Waals surface area contributed by atoms with Gasteiger partial charge in [-0.25, -0.2) is 4.52 Å². The number of hydrogen-bond acceptors (Lipinski definition) is 3. The van der Waals surface area contributed by atoms with Gasteiger partial charge in [0, 0.05) is 12.1 Å². The Morgan fingerprint density at radius 2 is 1.31 bits per heavy atom. The molecule has 82 valence electrons. The summed E-state index contributed by atoms with van der Waals surface area (Å²) in [6.45, 7) is 0. The lowest BCUT2D eigenvalue weighted by molar-refractivity contribution is -0.858. The molecule has 0 saturated carbocycles. The summed E-state index contributed by atoms with van der Waals surface area (Å²) in [5, 5.41) is 0. The maximum absolute atomic E-state index is 11.5. The fourth-order valence-electron chi connectivity index (χ4n) is 1.29. The predicted octanol–water partition coefficient (Wildman–Crippen LogP) is -1.42. The summed E-state index contributed by atoms with van der Waals surface area (Å²) in [6.07, 6.45) is 3.06. The molecule has 6 heteroatoms. The summed E-state index contributed by atoms with van der Waals surface area (Å²) in [6, 6.07) is 9.38. The molecule has 1 N–H and O–H groups in total. The lowest BCUT2D eigenvalue weighted by Gasteiger charge is -2.24. The van der Waals surface area contributed by atoms with E-state index < -0.39 is 0 Å². The molecule has 0 fully saturated rings. The summed E-state index contributed by atoms with van der Waals surface area (Å²) >= 11 is 5.09. The van der Waals surface area contributed by atoms with Crippen LogP contribution in [0.2, 0.25) is 0 Å². The number of hydrogen-bond donors (Lipinski definition) is 1. The lowest BCUT2D eigenvalue weighted by atomic mass is 10.5. The first-order chi connectivity index (χ1) is 7.70. The molecule has 5 nitrogen and oxygen atoms in total. The van der Waals surface area contributed by atoms with E-state index in [1.807, 2.05) is 0 Å². The summed E-state index contributed by atoms with van der Waals surface area (Å²) in [7, 11) is 0. The molecular formula is C10H9N3O2S. The van der Waals surface area contributed by atoms with Crippen LogP contribution in [-0.2, 0) is 12.8 Å². The van der Waals surface area contributed by atoms with E-state index in [1.165, 1.54) is 33.9 Å². The SMILES string of the molecule is O=c1ccccn1[NH+]([S-])n1ccccc1=O. The monoisotopic (exact) mass is 235 g/mol. The molecule has 0 amide bonds. The van der Waals surface area contributed by atoms with Crippen molar-refractivity contribution in [2.45, 2.75) is 0 Å². The highest BCUT2D eigenvalue weighted by atomic mass is 32.1. The zero-order valence-corrected chi connectivity index (χ0v) is 9.05. The zero-order chi connectivity index (χ0) is 11.5. The van der Waals surface area contributed by atoms with E-state index in [0.717, 1.165) is 0 Å². The van der Waals surface area contributed by atoms with E-state index >= 15 is 0 Å². The maximum Gasteiger partial charge on any atom is 0.296 e. The first kappa shape index (κ1) is 10.7. The molecule has 2 aromatic heterocycles. The van der Waals surface area contributed by atoms with Gasteiger partial charge in [0.05, 0.1) is 12.4 Å². The highest BCUT2D eigenvalue weighted by Gasteiger charge is 2.03. The van der Waals surface area contributed by atoms with Gasteiger partial charge in [0.2, 0.25) is 0 Å². The molecule has 0 aliphatic heterocycles. The molecule has 0 aliphatic carbocycles. The van der Waals surface area contributed by atoms with Gasteiger partial charge in [0.1, 0.15) is 0 Å². The van der Waals surface area contributed by atoms with Crippen molar-refractivity contribution in [1.82, 2.24) is 9.35 Å². The highest BCUT2D eigenvalue weighted by molar-refractivity contribution is 7.51. The van der Waals surface area contributed by atoms with Crippen LogP contribution < -0.4 is 15.6 Å². The molecule has 0 atom stereocenters. The summed E-state index contributed by atoms with van der Waals surface area (Å²) in [4.78, 5) is 23.0. The van der Waals surface area contributed by atoms with E-state index in [4.69, 9.17) is 12.8 Å². The topological polar surface area (TPSA) is 48.4 Å². The molecule has 2 rings (SSSR count). The summed E-state index contributed by atoms with van der Waals surface area (Å²) < 4.78 is 2.64. The van der Waals surface area contributed by atoms with Gasteiger partial charge in [0.25, 0.3) is 11.1 Å². The Bertz CT molecular complexity index is 552. The van der Waals surface area contributed by atoms with Gasteiger partial charge in [-0.15, -0.1) is 0 Å². The van der Waals surface area contributed by atoms with E-state index in [0.29, 0.717) is 0 Å². The van der Waals surface area contributed by atoms with E-state index in [-0.39, 0.29) is 15.6 Å². The third-order valence-corrected chi connectivity index (χ3v) is 2.45. The van der Waals surface area contributed by atoms with Crippen LogP contribution in [0.4, 0.5) is 0 Å². The predicted molar refractivity (Wildman–Crippen MR) is 60.5 cm³/mol. The molecule has 0 aromatic carbocycles. The minimum absolute atomic E-state index is 0.149. The highest BCUT2D eigenvalue weighted by Crippen LogP contribution is 1.75. The van der Waals surface area contributed by atoms with Crippen LogP contribution in [0.3, 0.4) is 0 Å². The largest absolute Gasteiger partial charge is 0.431 e. The van der Waals surface area contributed by atoms with Gasteiger partial charge in [-0.05, 0) is 12.1 Å². The second-order valence-electron chi connectivity index (χ2n) is 3.10. The zero-order valence-electron chi connectivity index (χ0n) is 8.24. The summed E-state index contributed by atoms with van der Waals surface area (Å²) in [5.41, 5.74) is -0.522. The molecule has 0 saturated heterocycles. The molecule has 0 unspecified atom stereocenters.